The van der Waals surface area contributed by atoms with Gasteiger partial charge in [0.2, 0.25) is 0 Å². The van der Waals surface area contributed by atoms with E-state index in [1.54, 1.807) is 11.8 Å². The predicted molar refractivity (Wildman–Crippen MR) is 92.2 cm³/mol. The number of thioether (sulfide) groups is 1. The first-order chi connectivity index (χ1) is 9.17. The van der Waals surface area contributed by atoms with Gasteiger partial charge in [0, 0.05) is 20.7 Å². The second-order valence-electron chi connectivity index (χ2n) is 3.82. The van der Waals surface area contributed by atoms with E-state index < -0.39 is 0 Å². The van der Waals surface area contributed by atoms with Crippen molar-refractivity contribution in [1.29, 1.82) is 0 Å². The molecule has 0 aromatic heterocycles. The first-order valence-corrected chi connectivity index (χ1v) is 8.07. The molecule has 2 aromatic rings. The monoisotopic (exact) mass is 352 g/mol. The molecule has 2 N–H and O–H groups in total. The summed E-state index contributed by atoms with van der Waals surface area (Å²) < 4.78 is 1.02. The van der Waals surface area contributed by atoms with Gasteiger partial charge in [-0.15, -0.1) is 11.8 Å². The standard InChI is InChI=1S/C14H13BrN2S2/c1-19-13-7-3-6-12(9-13)17-14(18)16-11-5-2-4-10(15)8-11/h2-9H,1H3,(H2,16,17,18). The highest BCUT2D eigenvalue weighted by molar-refractivity contribution is 9.10. The third-order valence-corrected chi connectivity index (χ3v) is 3.83. The van der Waals surface area contributed by atoms with E-state index in [1.165, 1.54) is 4.90 Å². The summed E-state index contributed by atoms with van der Waals surface area (Å²) in [6.45, 7) is 0. The quantitative estimate of drug-likeness (QED) is 0.600. The summed E-state index contributed by atoms with van der Waals surface area (Å²) in [6, 6.07) is 16.0. The number of halogens is 1. The van der Waals surface area contributed by atoms with Gasteiger partial charge >= 0.3 is 0 Å². The first kappa shape index (κ1) is 14.4. The number of thiocarbonyl (C=S) groups is 1. The Morgan fingerprint density at radius 3 is 2.32 bits per heavy atom. The average Bonchev–Trinajstić information content (AvgIpc) is 2.38. The summed E-state index contributed by atoms with van der Waals surface area (Å²) in [5.74, 6) is 0. The van der Waals surface area contributed by atoms with Crippen molar-refractivity contribution in [3.05, 3.63) is 53.0 Å². The molecule has 0 spiro atoms. The van der Waals surface area contributed by atoms with Crippen LogP contribution in [-0.4, -0.2) is 11.4 Å². The molecule has 0 fully saturated rings. The summed E-state index contributed by atoms with van der Waals surface area (Å²) in [5.41, 5.74) is 1.94. The van der Waals surface area contributed by atoms with Crippen LogP contribution >= 0.6 is 39.9 Å². The second kappa shape index (κ2) is 6.93. The van der Waals surface area contributed by atoms with Crippen LogP contribution in [-0.2, 0) is 0 Å². The summed E-state index contributed by atoms with van der Waals surface area (Å²) in [5, 5.41) is 6.91. The summed E-state index contributed by atoms with van der Waals surface area (Å²) >= 11 is 10.4. The maximum absolute atomic E-state index is 5.30. The number of hydrogen-bond donors (Lipinski definition) is 2. The molecule has 2 nitrogen and oxygen atoms in total. The number of nitrogens with one attached hydrogen (secondary N) is 2. The largest absolute Gasteiger partial charge is 0.332 e. The molecule has 5 heteroatoms. The van der Waals surface area contributed by atoms with Gasteiger partial charge in [0.25, 0.3) is 0 Å². The molecule has 0 bridgehead atoms. The van der Waals surface area contributed by atoms with Crippen molar-refractivity contribution >= 4 is 56.4 Å². The van der Waals surface area contributed by atoms with Gasteiger partial charge in [0.05, 0.1) is 0 Å². The van der Waals surface area contributed by atoms with Crippen LogP contribution in [0.4, 0.5) is 11.4 Å². The molecule has 0 saturated heterocycles. The minimum atomic E-state index is 0.580. The third-order valence-electron chi connectivity index (χ3n) is 2.41. The molecule has 0 unspecified atom stereocenters. The van der Waals surface area contributed by atoms with Gasteiger partial charge in [-0.3, -0.25) is 0 Å². The smallest absolute Gasteiger partial charge is 0.175 e. The lowest BCUT2D eigenvalue weighted by Crippen LogP contribution is -2.18. The van der Waals surface area contributed by atoms with E-state index in [9.17, 15) is 0 Å². The van der Waals surface area contributed by atoms with Crippen molar-refractivity contribution in [1.82, 2.24) is 0 Å². The van der Waals surface area contributed by atoms with Gasteiger partial charge in [-0.05, 0) is 54.9 Å². The van der Waals surface area contributed by atoms with E-state index in [0.717, 1.165) is 15.8 Å². The lowest BCUT2D eigenvalue weighted by molar-refractivity contribution is 1.45. The molecular formula is C14H13BrN2S2. The van der Waals surface area contributed by atoms with Gasteiger partial charge in [0.1, 0.15) is 0 Å². The molecule has 2 rings (SSSR count). The Balaban J connectivity index is 2.01. The SMILES string of the molecule is CSc1cccc(NC(=S)Nc2cccc(Br)c2)c1. The van der Waals surface area contributed by atoms with Crippen LogP contribution < -0.4 is 10.6 Å². The fraction of sp³-hybridized carbons (Fsp3) is 0.0714. The molecule has 19 heavy (non-hydrogen) atoms. The summed E-state index contributed by atoms with van der Waals surface area (Å²) in [7, 11) is 0. The van der Waals surface area contributed by atoms with Crippen molar-refractivity contribution in [2.24, 2.45) is 0 Å². The van der Waals surface area contributed by atoms with Gasteiger partial charge < -0.3 is 10.6 Å². The highest BCUT2D eigenvalue weighted by Crippen LogP contribution is 2.20. The molecule has 0 amide bonds. The molecule has 0 saturated carbocycles. The van der Waals surface area contributed by atoms with Crippen LogP contribution in [0.1, 0.15) is 0 Å². The van der Waals surface area contributed by atoms with Gasteiger partial charge in [-0.2, -0.15) is 0 Å². The van der Waals surface area contributed by atoms with E-state index in [1.807, 2.05) is 36.4 Å². The molecule has 0 radical (unpaired) electrons. The maximum Gasteiger partial charge on any atom is 0.175 e. The highest BCUT2D eigenvalue weighted by Gasteiger charge is 2.00. The Morgan fingerprint density at radius 2 is 1.68 bits per heavy atom. The molecule has 0 aliphatic rings. The van der Waals surface area contributed by atoms with Crippen LogP contribution in [0, 0.1) is 0 Å². The van der Waals surface area contributed by atoms with E-state index in [2.05, 4.69) is 45.0 Å². The predicted octanol–water partition coefficient (Wildman–Crippen LogP) is 4.98. The first-order valence-electron chi connectivity index (χ1n) is 5.65. The Bertz CT molecular complexity index is 587. The molecule has 2 aromatic carbocycles. The zero-order valence-electron chi connectivity index (χ0n) is 10.3. The van der Waals surface area contributed by atoms with Gasteiger partial charge in [-0.25, -0.2) is 0 Å². The van der Waals surface area contributed by atoms with Crippen molar-refractivity contribution in [3.8, 4) is 0 Å². The van der Waals surface area contributed by atoms with Crippen LogP contribution in [0.25, 0.3) is 0 Å². The van der Waals surface area contributed by atoms with Crippen molar-refractivity contribution in [2.75, 3.05) is 16.9 Å². The summed E-state index contributed by atoms with van der Waals surface area (Å²) in [6.07, 6.45) is 2.05. The fourth-order valence-electron chi connectivity index (χ4n) is 1.56. The van der Waals surface area contributed by atoms with Crippen molar-refractivity contribution < 1.29 is 0 Å². The molecular weight excluding hydrogens is 340 g/mol. The number of benzene rings is 2. The molecule has 0 aliphatic heterocycles. The number of rotatable bonds is 3. The van der Waals surface area contributed by atoms with Crippen molar-refractivity contribution in [3.63, 3.8) is 0 Å². The topological polar surface area (TPSA) is 24.1 Å². The van der Waals surface area contributed by atoms with Gasteiger partial charge in [-0.1, -0.05) is 28.1 Å². The zero-order valence-corrected chi connectivity index (χ0v) is 13.5. The highest BCUT2D eigenvalue weighted by atomic mass is 79.9. The Kier molecular flexibility index (Phi) is 5.24. The van der Waals surface area contributed by atoms with E-state index in [-0.39, 0.29) is 0 Å². The van der Waals surface area contributed by atoms with Crippen LogP contribution in [0.5, 0.6) is 0 Å². The van der Waals surface area contributed by atoms with Gasteiger partial charge in [0.15, 0.2) is 5.11 Å². The second-order valence-corrected chi connectivity index (χ2v) is 6.03. The molecule has 0 heterocycles. The Morgan fingerprint density at radius 1 is 1.05 bits per heavy atom. The number of anilines is 2. The lowest BCUT2D eigenvalue weighted by Gasteiger charge is -2.11. The number of hydrogen-bond acceptors (Lipinski definition) is 2. The average molecular weight is 353 g/mol. The Hall–Kier alpha value is -1.04. The fourth-order valence-corrected chi connectivity index (χ4v) is 2.65. The molecule has 0 aliphatic carbocycles. The van der Waals surface area contributed by atoms with E-state index in [4.69, 9.17) is 12.2 Å². The molecule has 0 atom stereocenters. The molecule has 98 valence electrons. The normalized spacial score (nSPS) is 10.0. The van der Waals surface area contributed by atoms with Crippen molar-refractivity contribution in [2.45, 2.75) is 4.90 Å². The summed E-state index contributed by atoms with van der Waals surface area (Å²) in [4.78, 5) is 1.20. The lowest BCUT2D eigenvalue weighted by atomic mass is 10.3. The van der Waals surface area contributed by atoms with Crippen LogP contribution in [0.3, 0.4) is 0 Å². The Labute approximate surface area is 131 Å². The van der Waals surface area contributed by atoms with Crippen LogP contribution in [0.2, 0.25) is 0 Å². The minimum absolute atomic E-state index is 0.580. The minimum Gasteiger partial charge on any atom is -0.332 e. The zero-order chi connectivity index (χ0) is 13.7. The maximum atomic E-state index is 5.30. The van der Waals surface area contributed by atoms with Crippen LogP contribution in [0.15, 0.2) is 57.9 Å². The van der Waals surface area contributed by atoms with E-state index >= 15 is 0 Å². The van der Waals surface area contributed by atoms with E-state index in [0.29, 0.717) is 5.11 Å². The third kappa shape index (κ3) is 4.53.